The summed E-state index contributed by atoms with van der Waals surface area (Å²) in [6.45, 7) is 1.93. The summed E-state index contributed by atoms with van der Waals surface area (Å²) in [5.74, 6) is -0.313. The van der Waals surface area contributed by atoms with Gasteiger partial charge in [-0.05, 0) is 24.1 Å². The lowest BCUT2D eigenvalue weighted by Gasteiger charge is -2.16. The monoisotopic (exact) mass is 352 g/mol. The second-order valence-corrected chi connectivity index (χ2v) is 7.71. The Bertz CT molecular complexity index is 745. The Morgan fingerprint density at radius 2 is 1.74 bits per heavy atom. The molecule has 122 valence electrons. The topological polar surface area (TPSA) is 52.6 Å². The van der Waals surface area contributed by atoms with Crippen molar-refractivity contribution >= 4 is 25.0 Å². The summed E-state index contributed by atoms with van der Waals surface area (Å²) in [7, 11) is -0.889. The molecule has 0 unspecified atom stereocenters. The molecule has 0 saturated carbocycles. The van der Waals surface area contributed by atoms with Crippen molar-refractivity contribution in [1.29, 1.82) is 0 Å². The Labute approximate surface area is 140 Å². The van der Waals surface area contributed by atoms with Gasteiger partial charge in [0.1, 0.15) is 6.16 Å². The Kier molecular flexibility index (Phi) is 5.77. The summed E-state index contributed by atoms with van der Waals surface area (Å²) in [6.07, 6.45) is -0.319. The fourth-order valence-corrected chi connectivity index (χ4v) is 3.63. The molecule has 0 heterocycles. The molecule has 2 aromatic carbocycles. The number of carbonyl (C=O) groups excluding carboxylic acids is 1. The highest BCUT2D eigenvalue weighted by molar-refractivity contribution is 7.54. The van der Waals surface area contributed by atoms with Crippen LogP contribution >= 0.6 is 19.2 Å². The van der Waals surface area contributed by atoms with Crippen LogP contribution in [0.25, 0.3) is 11.1 Å². The van der Waals surface area contributed by atoms with Crippen LogP contribution in [-0.4, -0.2) is 26.2 Å². The average molecular weight is 353 g/mol. The Morgan fingerprint density at radius 1 is 1.09 bits per heavy atom. The lowest BCUT2D eigenvalue weighted by molar-refractivity contribution is 0.101. The molecule has 0 aliphatic rings. The van der Waals surface area contributed by atoms with Gasteiger partial charge in [0.2, 0.25) is 0 Å². The molecule has 0 aliphatic heterocycles. The fraction of sp³-hybridized carbons (Fsp3) is 0.235. The van der Waals surface area contributed by atoms with E-state index in [9.17, 15) is 9.36 Å². The first-order valence-corrected chi connectivity index (χ1v) is 9.10. The second-order valence-electron chi connectivity index (χ2n) is 5.03. The van der Waals surface area contributed by atoms with Gasteiger partial charge in [0.05, 0.1) is 0 Å². The molecule has 2 aromatic rings. The van der Waals surface area contributed by atoms with E-state index in [1.54, 1.807) is 18.2 Å². The Hall–Kier alpha value is -1.45. The van der Waals surface area contributed by atoms with Crippen molar-refractivity contribution in [2.24, 2.45) is 0 Å². The molecule has 2 rings (SSSR count). The fourth-order valence-electron chi connectivity index (χ4n) is 2.38. The quantitative estimate of drug-likeness (QED) is 0.543. The van der Waals surface area contributed by atoms with Crippen LogP contribution in [0.3, 0.4) is 0 Å². The number of hydrogen-bond donors (Lipinski definition) is 0. The van der Waals surface area contributed by atoms with Gasteiger partial charge in [-0.2, -0.15) is 0 Å². The molecule has 6 heteroatoms. The highest BCUT2D eigenvalue weighted by atomic mass is 35.5. The minimum absolute atomic E-state index is 0.313. The van der Waals surface area contributed by atoms with E-state index in [0.29, 0.717) is 16.1 Å². The van der Waals surface area contributed by atoms with Crippen molar-refractivity contribution in [2.45, 2.75) is 6.92 Å². The molecule has 0 saturated heterocycles. The maximum atomic E-state index is 12.6. The van der Waals surface area contributed by atoms with Crippen molar-refractivity contribution in [3.05, 3.63) is 58.6 Å². The number of Topliss-reactive ketones (excluding diaryl/α,β-unsaturated/α-hetero) is 1. The molecule has 0 aromatic heterocycles. The molecule has 0 fully saturated rings. The lowest BCUT2D eigenvalue weighted by Crippen LogP contribution is -2.10. The lowest BCUT2D eigenvalue weighted by atomic mass is 9.94. The first-order chi connectivity index (χ1) is 10.9. The maximum absolute atomic E-state index is 12.6. The number of carbonyl (C=O) groups is 1. The van der Waals surface area contributed by atoms with Crippen LogP contribution in [0.15, 0.2) is 42.5 Å². The average Bonchev–Trinajstić information content (AvgIpc) is 2.55. The SMILES string of the molecule is COP(=O)(CC(=O)c1ccccc1-c1c(C)cccc1Cl)OC. The van der Waals surface area contributed by atoms with Crippen LogP contribution in [0.4, 0.5) is 0 Å². The number of halogens is 1. The molecular weight excluding hydrogens is 335 g/mol. The first-order valence-electron chi connectivity index (χ1n) is 7.00. The standard InChI is InChI=1S/C17H18ClO4P/c1-12-7-6-10-15(18)17(12)14-9-5-4-8-13(14)16(19)11-23(20,21-2)22-3/h4-10H,11H2,1-3H3. The van der Waals surface area contributed by atoms with Gasteiger partial charge in [-0.25, -0.2) is 0 Å². The van der Waals surface area contributed by atoms with E-state index in [1.165, 1.54) is 14.2 Å². The Morgan fingerprint density at radius 3 is 2.35 bits per heavy atom. The van der Waals surface area contributed by atoms with Gasteiger partial charge in [-0.3, -0.25) is 9.36 Å². The van der Waals surface area contributed by atoms with Gasteiger partial charge in [0, 0.05) is 30.4 Å². The molecular formula is C17H18ClO4P. The summed E-state index contributed by atoms with van der Waals surface area (Å²) < 4.78 is 21.9. The molecule has 0 radical (unpaired) electrons. The number of benzene rings is 2. The largest absolute Gasteiger partial charge is 0.337 e. The summed E-state index contributed by atoms with van der Waals surface area (Å²) in [6, 6.07) is 12.7. The van der Waals surface area contributed by atoms with E-state index in [1.807, 2.05) is 31.2 Å². The van der Waals surface area contributed by atoms with Gasteiger partial charge in [-0.1, -0.05) is 48.0 Å². The third kappa shape index (κ3) is 3.91. The predicted molar refractivity (Wildman–Crippen MR) is 92.4 cm³/mol. The van der Waals surface area contributed by atoms with Crippen molar-refractivity contribution in [3.8, 4) is 11.1 Å². The van der Waals surface area contributed by atoms with Crippen molar-refractivity contribution < 1.29 is 18.4 Å². The first kappa shape index (κ1) is 17.9. The van der Waals surface area contributed by atoms with Gasteiger partial charge >= 0.3 is 7.60 Å². The number of hydrogen-bond acceptors (Lipinski definition) is 4. The minimum atomic E-state index is -3.42. The van der Waals surface area contributed by atoms with Gasteiger partial charge in [0.25, 0.3) is 0 Å². The van der Waals surface area contributed by atoms with Gasteiger partial charge < -0.3 is 9.05 Å². The zero-order valence-electron chi connectivity index (χ0n) is 13.2. The molecule has 0 atom stereocenters. The van der Waals surface area contributed by atoms with Crippen LogP contribution in [0, 0.1) is 6.92 Å². The van der Waals surface area contributed by atoms with E-state index < -0.39 is 7.60 Å². The summed E-state index contributed by atoms with van der Waals surface area (Å²) in [4.78, 5) is 12.6. The molecule has 0 aliphatic carbocycles. The van der Waals surface area contributed by atoms with Crippen molar-refractivity contribution in [2.75, 3.05) is 20.4 Å². The molecule has 0 amide bonds. The zero-order chi connectivity index (χ0) is 17.0. The van der Waals surface area contributed by atoms with Gasteiger partial charge in [-0.15, -0.1) is 0 Å². The van der Waals surface area contributed by atoms with E-state index >= 15 is 0 Å². The summed E-state index contributed by atoms with van der Waals surface area (Å²) in [5.41, 5.74) is 2.90. The van der Waals surface area contributed by atoms with Gasteiger partial charge in [0.15, 0.2) is 5.78 Å². The van der Waals surface area contributed by atoms with E-state index in [-0.39, 0.29) is 11.9 Å². The number of ketones is 1. The van der Waals surface area contributed by atoms with Crippen molar-refractivity contribution in [3.63, 3.8) is 0 Å². The van der Waals surface area contributed by atoms with Crippen molar-refractivity contribution in [1.82, 2.24) is 0 Å². The molecule has 0 N–H and O–H groups in total. The van der Waals surface area contributed by atoms with Crippen LogP contribution in [0.2, 0.25) is 5.02 Å². The third-order valence-electron chi connectivity index (χ3n) is 3.61. The molecule has 23 heavy (non-hydrogen) atoms. The normalized spacial score (nSPS) is 11.5. The van der Waals surface area contributed by atoms with E-state index in [2.05, 4.69) is 0 Å². The number of rotatable bonds is 6. The van der Waals surface area contributed by atoms with Crippen LogP contribution in [-0.2, 0) is 13.6 Å². The van der Waals surface area contributed by atoms with E-state index in [4.69, 9.17) is 20.6 Å². The third-order valence-corrected chi connectivity index (χ3v) is 5.71. The highest BCUT2D eigenvalue weighted by Gasteiger charge is 2.27. The van der Waals surface area contributed by atoms with E-state index in [0.717, 1.165) is 11.1 Å². The maximum Gasteiger partial charge on any atom is 0.337 e. The minimum Gasteiger partial charge on any atom is -0.312 e. The summed E-state index contributed by atoms with van der Waals surface area (Å²) >= 11 is 6.31. The van der Waals surface area contributed by atoms with Crippen LogP contribution < -0.4 is 0 Å². The smallest absolute Gasteiger partial charge is 0.312 e. The number of aryl methyl sites for hydroxylation is 1. The molecule has 0 bridgehead atoms. The van der Waals surface area contributed by atoms with Crippen LogP contribution in [0.1, 0.15) is 15.9 Å². The molecule has 0 spiro atoms. The molecule has 4 nitrogen and oxygen atoms in total. The highest BCUT2D eigenvalue weighted by Crippen LogP contribution is 2.47. The zero-order valence-corrected chi connectivity index (χ0v) is 14.9. The Balaban J connectivity index is 2.51. The predicted octanol–water partition coefficient (Wildman–Crippen LogP) is 4.98. The second kappa shape index (κ2) is 7.41. The summed E-state index contributed by atoms with van der Waals surface area (Å²) in [5, 5.41) is 0.562. The van der Waals surface area contributed by atoms with Crippen LogP contribution in [0.5, 0.6) is 0 Å².